The second-order valence-corrected chi connectivity index (χ2v) is 7.92. The highest BCUT2D eigenvalue weighted by atomic mass is 16.5. The molecule has 2 aliphatic rings. The van der Waals surface area contributed by atoms with Gasteiger partial charge in [0.1, 0.15) is 5.75 Å². The maximum Gasteiger partial charge on any atom is 0.225 e. The molecular weight excluding hydrogens is 354 g/mol. The number of ether oxygens (including phenoxy) is 1. The van der Waals surface area contributed by atoms with Crippen LogP contribution in [0, 0.1) is 5.92 Å². The number of nitrogens with one attached hydrogen (secondary N) is 1. The Morgan fingerprint density at radius 2 is 1.86 bits per heavy atom. The van der Waals surface area contributed by atoms with Crippen LogP contribution in [0.3, 0.4) is 0 Å². The zero-order chi connectivity index (χ0) is 19.8. The summed E-state index contributed by atoms with van der Waals surface area (Å²) in [5, 5.41) is 3.04. The van der Waals surface area contributed by atoms with E-state index in [4.69, 9.17) is 4.74 Å². The van der Waals surface area contributed by atoms with Gasteiger partial charge in [0.2, 0.25) is 11.8 Å². The summed E-state index contributed by atoms with van der Waals surface area (Å²) in [5.41, 5.74) is 1.05. The summed E-state index contributed by atoms with van der Waals surface area (Å²) >= 11 is 0. The van der Waals surface area contributed by atoms with Crippen LogP contribution >= 0.6 is 0 Å². The minimum atomic E-state index is -0.232. The first kappa shape index (κ1) is 20.6. The van der Waals surface area contributed by atoms with Crippen LogP contribution in [0.15, 0.2) is 24.3 Å². The van der Waals surface area contributed by atoms with Gasteiger partial charge in [-0.3, -0.25) is 9.59 Å². The third-order valence-electron chi connectivity index (χ3n) is 5.77. The van der Waals surface area contributed by atoms with Crippen LogP contribution in [0.2, 0.25) is 0 Å². The lowest BCUT2D eigenvalue weighted by Crippen LogP contribution is -2.35. The Balaban J connectivity index is 1.38. The van der Waals surface area contributed by atoms with E-state index >= 15 is 0 Å². The first-order valence-corrected chi connectivity index (χ1v) is 10.6. The Labute approximate surface area is 168 Å². The molecule has 0 bridgehead atoms. The molecule has 3 rings (SSSR count). The van der Waals surface area contributed by atoms with Crippen molar-refractivity contribution in [2.24, 2.45) is 5.92 Å². The van der Waals surface area contributed by atoms with E-state index in [1.54, 1.807) is 12.0 Å². The lowest BCUT2D eigenvalue weighted by molar-refractivity contribution is -0.129. The van der Waals surface area contributed by atoms with E-state index in [0.717, 1.165) is 24.3 Å². The number of nitrogens with zero attached hydrogens (tertiary/aromatic N) is 2. The lowest BCUT2D eigenvalue weighted by Gasteiger charge is -2.20. The molecule has 2 amide bonds. The number of benzene rings is 1. The number of hydrogen-bond donors (Lipinski definition) is 1. The fourth-order valence-corrected chi connectivity index (χ4v) is 4.07. The second kappa shape index (κ2) is 10.5. The molecule has 2 aliphatic heterocycles. The summed E-state index contributed by atoms with van der Waals surface area (Å²) in [6, 6.07) is 7.71. The molecular formula is C22H33N3O3. The number of carbonyl (C=O) groups is 2. The summed E-state index contributed by atoms with van der Waals surface area (Å²) in [7, 11) is 1.64. The first-order chi connectivity index (χ1) is 13.7. The number of carbonyl (C=O) groups excluding carboxylic acids is 2. The highest BCUT2D eigenvalue weighted by molar-refractivity contribution is 5.89. The SMILES string of the molecule is COc1ccc(CN2C[C@H](C(=O)NCCCN3CCCCCC3)CC2=O)cc1. The molecule has 1 N–H and O–H groups in total. The number of likely N-dealkylation sites (tertiary alicyclic amines) is 2. The van der Waals surface area contributed by atoms with Crippen molar-refractivity contribution in [3.8, 4) is 5.75 Å². The molecule has 0 saturated carbocycles. The highest BCUT2D eigenvalue weighted by Gasteiger charge is 2.34. The fraction of sp³-hybridized carbons (Fsp3) is 0.636. The predicted molar refractivity (Wildman–Crippen MR) is 109 cm³/mol. The Morgan fingerprint density at radius 3 is 2.54 bits per heavy atom. The van der Waals surface area contributed by atoms with Gasteiger partial charge in [-0.05, 0) is 56.6 Å². The van der Waals surface area contributed by atoms with Crippen LogP contribution in [0.5, 0.6) is 5.75 Å². The molecule has 0 aliphatic carbocycles. The van der Waals surface area contributed by atoms with Crippen molar-refractivity contribution in [3.63, 3.8) is 0 Å². The van der Waals surface area contributed by atoms with E-state index in [1.807, 2.05) is 24.3 Å². The molecule has 0 aromatic heterocycles. The molecule has 0 radical (unpaired) electrons. The van der Waals surface area contributed by atoms with Gasteiger partial charge in [-0.2, -0.15) is 0 Å². The Hall–Kier alpha value is -2.08. The first-order valence-electron chi connectivity index (χ1n) is 10.6. The zero-order valence-corrected chi connectivity index (χ0v) is 17.0. The van der Waals surface area contributed by atoms with Gasteiger partial charge in [-0.1, -0.05) is 25.0 Å². The van der Waals surface area contributed by atoms with E-state index in [9.17, 15) is 9.59 Å². The van der Waals surface area contributed by atoms with E-state index < -0.39 is 0 Å². The Morgan fingerprint density at radius 1 is 1.14 bits per heavy atom. The highest BCUT2D eigenvalue weighted by Crippen LogP contribution is 2.21. The summed E-state index contributed by atoms with van der Waals surface area (Å²) < 4.78 is 5.16. The monoisotopic (exact) mass is 387 g/mol. The predicted octanol–water partition coefficient (Wildman–Crippen LogP) is 2.43. The third-order valence-corrected chi connectivity index (χ3v) is 5.77. The van der Waals surface area contributed by atoms with Gasteiger partial charge in [0, 0.05) is 26.1 Å². The van der Waals surface area contributed by atoms with Crippen LogP contribution in [0.1, 0.15) is 44.1 Å². The summed E-state index contributed by atoms with van der Waals surface area (Å²) in [6.45, 7) is 5.16. The standard InChI is InChI=1S/C22H33N3O3/c1-28-20-9-7-18(8-10-20)16-25-17-19(15-21(25)26)22(27)23-11-6-14-24-12-4-2-3-5-13-24/h7-10,19H,2-6,11-17H2,1H3,(H,23,27)/t19-/m1/s1. The molecule has 154 valence electrons. The van der Waals surface area contributed by atoms with E-state index in [0.29, 0.717) is 26.1 Å². The molecule has 1 aromatic carbocycles. The van der Waals surface area contributed by atoms with Gasteiger partial charge >= 0.3 is 0 Å². The average molecular weight is 388 g/mol. The molecule has 6 heteroatoms. The van der Waals surface area contributed by atoms with E-state index in [1.165, 1.54) is 38.8 Å². The average Bonchev–Trinajstić information content (AvgIpc) is 2.91. The summed E-state index contributed by atoms with van der Waals surface area (Å²) in [5.74, 6) is 0.639. The van der Waals surface area contributed by atoms with Gasteiger partial charge in [0.25, 0.3) is 0 Å². The molecule has 28 heavy (non-hydrogen) atoms. The van der Waals surface area contributed by atoms with Crippen LogP contribution < -0.4 is 10.1 Å². The van der Waals surface area contributed by atoms with E-state index in [-0.39, 0.29) is 17.7 Å². The molecule has 2 saturated heterocycles. The largest absolute Gasteiger partial charge is 0.497 e. The smallest absolute Gasteiger partial charge is 0.225 e. The maximum atomic E-state index is 12.5. The molecule has 0 unspecified atom stereocenters. The molecule has 1 atom stereocenters. The van der Waals surface area contributed by atoms with Gasteiger partial charge in [-0.15, -0.1) is 0 Å². The van der Waals surface area contributed by atoms with Crippen molar-refractivity contribution in [3.05, 3.63) is 29.8 Å². The van der Waals surface area contributed by atoms with Crippen LogP contribution in [-0.2, 0) is 16.1 Å². The zero-order valence-electron chi connectivity index (χ0n) is 17.0. The molecule has 6 nitrogen and oxygen atoms in total. The van der Waals surface area contributed by atoms with Crippen molar-refractivity contribution in [2.75, 3.05) is 39.8 Å². The van der Waals surface area contributed by atoms with Gasteiger partial charge in [0.05, 0.1) is 13.0 Å². The van der Waals surface area contributed by atoms with Crippen molar-refractivity contribution >= 4 is 11.8 Å². The fourth-order valence-electron chi connectivity index (χ4n) is 4.07. The quantitative estimate of drug-likeness (QED) is 0.696. The second-order valence-electron chi connectivity index (χ2n) is 7.92. The van der Waals surface area contributed by atoms with Crippen LogP contribution in [0.25, 0.3) is 0 Å². The molecule has 1 aromatic rings. The maximum absolute atomic E-state index is 12.5. The molecule has 2 fully saturated rings. The Bertz CT molecular complexity index is 639. The van der Waals surface area contributed by atoms with Gasteiger partial charge < -0.3 is 19.9 Å². The molecule has 2 heterocycles. The van der Waals surface area contributed by atoms with Crippen LogP contribution in [0.4, 0.5) is 0 Å². The van der Waals surface area contributed by atoms with Crippen molar-refractivity contribution in [2.45, 2.75) is 45.1 Å². The number of methoxy groups -OCH3 is 1. The minimum absolute atomic E-state index is 0.0152. The normalized spacial score (nSPS) is 20.8. The van der Waals surface area contributed by atoms with E-state index in [2.05, 4.69) is 10.2 Å². The van der Waals surface area contributed by atoms with Gasteiger partial charge in [0.15, 0.2) is 0 Å². The molecule has 0 spiro atoms. The topological polar surface area (TPSA) is 61.9 Å². The van der Waals surface area contributed by atoms with Crippen molar-refractivity contribution in [1.82, 2.24) is 15.1 Å². The van der Waals surface area contributed by atoms with Gasteiger partial charge in [-0.25, -0.2) is 0 Å². The minimum Gasteiger partial charge on any atom is -0.497 e. The number of hydrogen-bond acceptors (Lipinski definition) is 4. The number of rotatable bonds is 8. The summed E-state index contributed by atoms with van der Waals surface area (Å²) in [4.78, 5) is 29.0. The van der Waals surface area contributed by atoms with Crippen LogP contribution in [-0.4, -0.2) is 61.4 Å². The van der Waals surface area contributed by atoms with Crippen molar-refractivity contribution in [1.29, 1.82) is 0 Å². The van der Waals surface area contributed by atoms with Crippen molar-refractivity contribution < 1.29 is 14.3 Å². The summed E-state index contributed by atoms with van der Waals surface area (Å²) in [6.07, 6.45) is 6.56. The third kappa shape index (κ3) is 5.96. The Kier molecular flexibility index (Phi) is 7.71. The lowest BCUT2D eigenvalue weighted by atomic mass is 10.1. The number of amides is 2.